The van der Waals surface area contributed by atoms with Crippen molar-refractivity contribution in [2.24, 2.45) is 0 Å². The predicted octanol–water partition coefficient (Wildman–Crippen LogP) is 0.176. The Balaban J connectivity index is 1.84. The van der Waals surface area contributed by atoms with Crippen molar-refractivity contribution in [3.05, 3.63) is 12.2 Å². The van der Waals surface area contributed by atoms with Crippen LogP contribution in [0.25, 0.3) is 0 Å². The first-order valence-corrected chi connectivity index (χ1v) is 5.09. The summed E-state index contributed by atoms with van der Waals surface area (Å²) in [7, 11) is 0. The van der Waals surface area contributed by atoms with Gasteiger partial charge in [0.1, 0.15) is 12.9 Å². The molecule has 0 aromatic carbocycles. The van der Waals surface area contributed by atoms with Crippen molar-refractivity contribution in [2.75, 3.05) is 13.1 Å². The molecule has 0 amide bonds. The van der Waals surface area contributed by atoms with E-state index in [1.54, 1.807) is 6.33 Å². The van der Waals surface area contributed by atoms with Crippen molar-refractivity contribution < 1.29 is 4.74 Å². The fourth-order valence-corrected chi connectivity index (χ4v) is 1.37. The molecule has 5 nitrogen and oxygen atoms in total. The Morgan fingerprint density at radius 3 is 3.14 bits per heavy atom. The largest absolute Gasteiger partial charge is 0.368 e. The molecule has 0 aliphatic carbocycles. The van der Waals surface area contributed by atoms with Crippen LogP contribution in [0.3, 0.4) is 0 Å². The van der Waals surface area contributed by atoms with E-state index in [-0.39, 0.29) is 0 Å². The summed E-state index contributed by atoms with van der Waals surface area (Å²) in [5.41, 5.74) is 0. The molecule has 0 radical (unpaired) electrons. The third kappa shape index (κ3) is 2.10. The average Bonchev–Trinajstić information content (AvgIpc) is 2.51. The molecule has 0 spiro atoms. The van der Waals surface area contributed by atoms with Gasteiger partial charge in [0.05, 0.1) is 6.10 Å². The Bertz CT molecular complexity index is 282. The second-order valence-electron chi connectivity index (χ2n) is 3.49. The van der Waals surface area contributed by atoms with Gasteiger partial charge in [-0.05, 0) is 6.42 Å². The van der Waals surface area contributed by atoms with Crippen LogP contribution in [0.2, 0.25) is 0 Å². The summed E-state index contributed by atoms with van der Waals surface area (Å²) in [6, 6.07) is 0. The molecule has 0 bridgehead atoms. The van der Waals surface area contributed by atoms with Crippen LogP contribution in [-0.4, -0.2) is 34.0 Å². The molecule has 2 heterocycles. The highest BCUT2D eigenvalue weighted by Crippen LogP contribution is 2.04. The van der Waals surface area contributed by atoms with Gasteiger partial charge in [-0.3, -0.25) is 0 Å². The highest BCUT2D eigenvalue weighted by atomic mass is 16.5. The van der Waals surface area contributed by atoms with Crippen LogP contribution >= 0.6 is 0 Å². The Morgan fingerprint density at radius 2 is 2.50 bits per heavy atom. The van der Waals surface area contributed by atoms with E-state index < -0.39 is 0 Å². The lowest BCUT2D eigenvalue weighted by Gasteiger charge is -2.26. The number of aromatic nitrogens is 3. The van der Waals surface area contributed by atoms with Crippen LogP contribution in [-0.2, 0) is 17.9 Å². The van der Waals surface area contributed by atoms with Gasteiger partial charge in [-0.25, -0.2) is 9.67 Å². The minimum atomic E-state index is 0.363. The van der Waals surface area contributed by atoms with Gasteiger partial charge in [-0.1, -0.05) is 6.92 Å². The minimum Gasteiger partial charge on any atom is -0.368 e. The molecule has 1 aliphatic rings. The number of nitrogens with zero attached hydrogens (tertiary/aromatic N) is 3. The molecule has 1 aromatic rings. The van der Waals surface area contributed by atoms with Crippen LogP contribution in [0.1, 0.15) is 19.2 Å². The molecule has 0 atom stereocenters. The van der Waals surface area contributed by atoms with Crippen LogP contribution in [0, 0.1) is 0 Å². The molecule has 1 saturated heterocycles. The predicted molar refractivity (Wildman–Crippen MR) is 51.8 cm³/mol. The lowest BCUT2D eigenvalue weighted by atomic mass is 10.2. The van der Waals surface area contributed by atoms with Crippen molar-refractivity contribution in [3.8, 4) is 0 Å². The van der Waals surface area contributed by atoms with Crippen LogP contribution in [0.4, 0.5) is 0 Å². The molecule has 5 heteroatoms. The van der Waals surface area contributed by atoms with E-state index in [4.69, 9.17) is 4.74 Å². The van der Waals surface area contributed by atoms with Gasteiger partial charge in [0.25, 0.3) is 0 Å². The summed E-state index contributed by atoms with van der Waals surface area (Å²) in [5.74, 6) is 0.929. The third-order valence-electron chi connectivity index (χ3n) is 2.32. The normalized spacial score (nSPS) is 16.9. The molecular weight excluding hydrogens is 180 g/mol. The van der Waals surface area contributed by atoms with Crippen molar-refractivity contribution in [1.29, 1.82) is 0 Å². The van der Waals surface area contributed by atoms with Gasteiger partial charge in [0.15, 0.2) is 5.82 Å². The summed E-state index contributed by atoms with van der Waals surface area (Å²) in [6.45, 7) is 5.54. The fourth-order valence-electron chi connectivity index (χ4n) is 1.37. The maximum atomic E-state index is 5.62. The van der Waals surface area contributed by atoms with E-state index in [1.165, 1.54) is 0 Å². The maximum Gasteiger partial charge on any atom is 0.152 e. The zero-order chi connectivity index (χ0) is 9.80. The lowest BCUT2D eigenvalue weighted by Crippen LogP contribution is -2.48. The molecule has 1 N–H and O–H groups in total. The van der Waals surface area contributed by atoms with Crippen LogP contribution < -0.4 is 5.32 Å². The first-order valence-electron chi connectivity index (χ1n) is 5.09. The Hall–Kier alpha value is -0.940. The SMILES string of the molecule is CCCn1ncnc1COC1CNC1. The van der Waals surface area contributed by atoms with E-state index in [9.17, 15) is 0 Å². The monoisotopic (exact) mass is 196 g/mol. The van der Waals surface area contributed by atoms with E-state index >= 15 is 0 Å². The van der Waals surface area contributed by atoms with Crippen molar-refractivity contribution >= 4 is 0 Å². The molecule has 78 valence electrons. The molecule has 1 aliphatic heterocycles. The quantitative estimate of drug-likeness (QED) is 0.729. The molecule has 14 heavy (non-hydrogen) atoms. The van der Waals surface area contributed by atoms with E-state index in [0.717, 1.165) is 31.9 Å². The zero-order valence-electron chi connectivity index (χ0n) is 8.44. The van der Waals surface area contributed by atoms with Gasteiger partial charge in [0, 0.05) is 19.6 Å². The number of nitrogens with one attached hydrogen (secondary N) is 1. The van der Waals surface area contributed by atoms with Crippen molar-refractivity contribution in [2.45, 2.75) is 32.6 Å². The van der Waals surface area contributed by atoms with Crippen molar-refractivity contribution in [3.63, 3.8) is 0 Å². The van der Waals surface area contributed by atoms with Crippen LogP contribution in [0.15, 0.2) is 6.33 Å². The summed E-state index contributed by atoms with van der Waals surface area (Å²) in [6.07, 6.45) is 3.02. The highest BCUT2D eigenvalue weighted by molar-refractivity contribution is 4.83. The van der Waals surface area contributed by atoms with Gasteiger partial charge in [0.2, 0.25) is 0 Å². The standard InChI is InChI=1S/C9H16N4O/c1-2-3-13-9(11-7-12-13)6-14-8-4-10-5-8/h7-8,10H,2-6H2,1H3. The van der Waals surface area contributed by atoms with Gasteiger partial charge < -0.3 is 10.1 Å². The number of hydrogen-bond acceptors (Lipinski definition) is 4. The molecule has 0 unspecified atom stereocenters. The van der Waals surface area contributed by atoms with Crippen LogP contribution in [0.5, 0.6) is 0 Å². The summed E-state index contributed by atoms with van der Waals surface area (Å²) in [4.78, 5) is 4.17. The Kier molecular flexibility index (Phi) is 3.10. The molecule has 0 saturated carbocycles. The lowest BCUT2D eigenvalue weighted by molar-refractivity contribution is 0.00278. The summed E-state index contributed by atoms with van der Waals surface area (Å²) in [5, 5.41) is 7.30. The first kappa shape index (κ1) is 9.61. The summed E-state index contributed by atoms with van der Waals surface area (Å²) < 4.78 is 7.53. The first-order chi connectivity index (χ1) is 6.90. The highest BCUT2D eigenvalue weighted by Gasteiger charge is 2.17. The number of ether oxygens (including phenoxy) is 1. The summed E-state index contributed by atoms with van der Waals surface area (Å²) >= 11 is 0. The molecule has 1 aromatic heterocycles. The zero-order valence-corrected chi connectivity index (χ0v) is 8.44. The van der Waals surface area contributed by atoms with E-state index in [1.807, 2.05) is 4.68 Å². The third-order valence-corrected chi connectivity index (χ3v) is 2.32. The molecule has 2 rings (SSSR count). The second kappa shape index (κ2) is 4.52. The van der Waals surface area contributed by atoms with Gasteiger partial charge >= 0.3 is 0 Å². The van der Waals surface area contributed by atoms with E-state index in [2.05, 4.69) is 22.3 Å². The fraction of sp³-hybridized carbons (Fsp3) is 0.778. The number of aryl methyl sites for hydroxylation is 1. The topological polar surface area (TPSA) is 52.0 Å². The Labute approximate surface area is 83.5 Å². The average molecular weight is 196 g/mol. The maximum absolute atomic E-state index is 5.62. The molecule has 1 fully saturated rings. The van der Waals surface area contributed by atoms with Gasteiger partial charge in [-0.15, -0.1) is 0 Å². The number of hydrogen-bond donors (Lipinski definition) is 1. The number of rotatable bonds is 5. The minimum absolute atomic E-state index is 0.363. The second-order valence-corrected chi connectivity index (χ2v) is 3.49. The smallest absolute Gasteiger partial charge is 0.152 e. The molecular formula is C9H16N4O. The van der Waals surface area contributed by atoms with Gasteiger partial charge in [-0.2, -0.15) is 5.10 Å². The van der Waals surface area contributed by atoms with Crippen molar-refractivity contribution in [1.82, 2.24) is 20.1 Å². The Morgan fingerprint density at radius 1 is 1.64 bits per heavy atom. The van der Waals surface area contributed by atoms with E-state index in [0.29, 0.717) is 12.7 Å².